The third kappa shape index (κ3) is 2.39. The van der Waals surface area contributed by atoms with Crippen molar-refractivity contribution in [3.63, 3.8) is 0 Å². The van der Waals surface area contributed by atoms with E-state index in [9.17, 15) is 0 Å². The van der Waals surface area contributed by atoms with Gasteiger partial charge in [0.05, 0.1) is 6.61 Å². The molecule has 1 aliphatic rings. The molecule has 1 aliphatic heterocycles. The second-order valence-electron chi connectivity index (χ2n) is 4.67. The minimum atomic E-state index is 0.521. The molecule has 0 bridgehead atoms. The van der Waals surface area contributed by atoms with E-state index in [4.69, 9.17) is 4.74 Å². The second-order valence-corrected chi connectivity index (χ2v) is 5.73. The van der Waals surface area contributed by atoms with E-state index in [1.807, 2.05) is 23.9 Å². The average Bonchev–Trinajstić information content (AvgIpc) is 2.82. The number of rotatable bonds is 3. The number of hydrogen-bond donors (Lipinski definition) is 0. The molecule has 0 fully saturated rings. The van der Waals surface area contributed by atoms with E-state index >= 15 is 0 Å². The topological polar surface area (TPSA) is 9.23 Å². The van der Waals surface area contributed by atoms with Gasteiger partial charge in [-0.2, -0.15) is 0 Å². The number of hydrogen-bond acceptors (Lipinski definition) is 2. The number of aryl methyl sites for hydroxylation is 1. The van der Waals surface area contributed by atoms with E-state index in [0.717, 1.165) is 18.1 Å². The van der Waals surface area contributed by atoms with Gasteiger partial charge in [-0.1, -0.05) is 35.9 Å². The van der Waals surface area contributed by atoms with Gasteiger partial charge in [0.25, 0.3) is 0 Å². The molecule has 18 heavy (non-hydrogen) atoms. The first-order valence-corrected chi connectivity index (χ1v) is 7.23. The maximum Gasteiger partial charge on any atom is 0.119 e. The standard InChI is InChI=1S/C16H16OS/c1-12-6-8-14(9-7-12)17-10-13-11-18-16-5-3-2-4-15(13)16/h2-9,13H,10-11H2,1H3. The molecule has 0 N–H and O–H groups in total. The van der Waals surface area contributed by atoms with Crippen LogP contribution in [0, 0.1) is 6.92 Å². The first kappa shape index (κ1) is 11.7. The maximum atomic E-state index is 5.89. The molecule has 0 aliphatic carbocycles. The van der Waals surface area contributed by atoms with Crippen LogP contribution < -0.4 is 4.74 Å². The molecule has 1 nitrogen and oxygen atoms in total. The molecule has 1 atom stereocenters. The smallest absolute Gasteiger partial charge is 0.119 e. The molecular weight excluding hydrogens is 240 g/mol. The molecule has 92 valence electrons. The highest BCUT2D eigenvalue weighted by atomic mass is 32.2. The summed E-state index contributed by atoms with van der Waals surface area (Å²) in [4.78, 5) is 1.41. The summed E-state index contributed by atoms with van der Waals surface area (Å²) in [5.41, 5.74) is 2.71. The van der Waals surface area contributed by atoms with Gasteiger partial charge in [0.15, 0.2) is 0 Å². The van der Waals surface area contributed by atoms with E-state index < -0.39 is 0 Å². The molecule has 0 aromatic heterocycles. The van der Waals surface area contributed by atoms with Crippen LogP contribution in [-0.2, 0) is 0 Å². The minimum absolute atomic E-state index is 0.521. The molecule has 0 amide bonds. The van der Waals surface area contributed by atoms with E-state index in [1.54, 1.807) is 0 Å². The maximum absolute atomic E-state index is 5.89. The molecule has 2 aromatic rings. The predicted molar refractivity (Wildman–Crippen MR) is 76.6 cm³/mol. The van der Waals surface area contributed by atoms with E-state index in [-0.39, 0.29) is 0 Å². The number of benzene rings is 2. The summed E-state index contributed by atoms with van der Waals surface area (Å²) in [7, 11) is 0. The quantitative estimate of drug-likeness (QED) is 0.811. The van der Waals surface area contributed by atoms with Crippen LogP contribution in [0.4, 0.5) is 0 Å². The van der Waals surface area contributed by atoms with Gasteiger partial charge in [-0.15, -0.1) is 11.8 Å². The van der Waals surface area contributed by atoms with Crippen LogP contribution in [0.15, 0.2) is 53.4 Å². The summed E-state index contributed by atoms with van der Waals surface area (Å²) in [6, 6.07) is 16.9. The third-order valence-electron chi connectivity index (χ3n) is 3.27. The lowest BCUT2D eigenvalue weighted by Gasteiger charge is -2.12. The highest BCUT2D eigenvalue weighted by molar-refractivity contribution is 7.99. The summed E-state index contributed by atoms with van der Waals surface area (Å²) in [6.45, 7) is 2.86. The van der Waals surface area contributed by atoms with Gasteiger partial charge in [-0.05, 0) is 30.7 Å². The number of fused-ring (bicyclic) bond motifs is 1. The summed E-state index contributed by atoms with van der Waals surface area (Å²) in [6.07, 6.45) is 0. The Hall–Kier alpha value is -1.41. The van der Waals surface area contributed by atoms with E-state index in [0.29, 0.717) is 5.92 Å². The van der Waals surface area contributed by atoms with Crippen LogP contribution >= 0.6 is 11.8 Å². The molecule has 0 radical (unpaired) electrons. The Labute approximate surface area is 112 Å². The van der Waals surface area contributed by atoms with Crippen molar-refractivity contribution in [3.05, 3.63) is 59.7 Å². The molecule has 2 aromatic carbocycles. The first-order valence-electron chi connectivity index (χ1n) is 6.24. The highest BCUT2D eigenvalue weighted by Crippen LogP contribution is 2.39. The Bertz CT molecular complexity index is 533. The van der Waals surface area contributed by atoms with Crippen LogP contribution in [0.3, 0.4) is 0 Å². The largest absolute Gasteiger partial charge is 0.493 e. The molecule has 1 unspecified atom stereocenters. The van der Waals surface area contributed by atoms with Crippen LogP contribution in [0.25, 0.3) is 0 Å². The van der Waals surface area contributed by atoms with Crippen molar-refractivity contribution < 1.29 is 4.74 Å². The van der Waals surface area contributed by atoms with E-state index in [1.165, 1.54) is 16.0 Å². The van der Waals surface area contributed by atoms with Crippen LogP contribution in [0.5, 0.6) is 5.75 Å². The lowest BCUT2D eigenvalue weighted by molar-refractivity contribution is 0.298. The molecule has 1 heterocycles. The van der Waals surface area contributed by atoms with Crippen LogP contribution in [-0.4, -0.2) is 12.4 Å². The van der Waals surface area contributed by atoms with Crippen LogP contribution in [0.1, 0.15) is 17.0 Å². The molecular formula is C16H16OS. The molecule has 3 rings (SSSR count). The van der Waals surface area contributed by atoms with Gasteiger partial charge in [0.1, 0.15) is 5.75 Å². The molecule has 0 spiro atoms. The Balaban J connectivity index is 1.67. The molecule has 0 saturated heterocycles. The normalized spacial score (nSPS) is 17.5. The Morgan fingerprint density at radius 1 is 1.11 bits per heavy atom. The van der Waals surface area contributed by atoms with E-state index in [2.05, 4.69) is 43.3 Å². The zero-order valence-corrected chi connectivity index (χ0v) is 11.2. The molecule has 2 heteroatoms. The summed E-state index contributed by atoms with van der Waals surface area (Å²) < 4.78 is 5.89. The fraction of sp³-hybridized carbons (Fsp3) is 0.250. The van der Waals surface area contributed by atoms with Gasteiger partial charge in [-0.3, -0.25) is 0 Å². The number of ether oxygens (including phenoxy) is 1. The van der Waals surface area contributed by atoms with Gasteiger partial charge < -0.3 is 4.74 Å². The Morgan fingerprint density at radius 3 is 2.72 bits per heavy atom. The monoisotopic (exact) mass is 256 g/mol. The SMILES string of the molecule is Cc1ccc(OCC2CSc3ccccc32)cc1. The van der Waals surface area contributed by atoms with Gasteiger partial charge >= 0.3 is 0 Å². The average molecular weight is 256 g/mol. The van der Waals surface area contributed by atoms with Crippen molar-refractivity contribution in [2.45, 2.75) is 17.7 Å². The Kier molecular flexibility index (Phi) is 3.28. The molecule has 0 saturated carbocycles. The van der Waals surface area contributed by atoms with Crippen LogP contribution in [0.2, 0.25) is 0 Å². The van der Waals surface area contributed by atoms with Crippen molar-refractivity contribution in [2.75, 3.05) is 12.4 Å². The van der Waals surface area contributed by atoms with Crippen molar-refractivity contribution in [3.8, 4) is 5.75 Å². The summed E-state index contributed by atoms with van der Waals surface area (Å²) >= 11 is 1.93. The van der Waals surface area contributed by atoms with Gasteiger partial charge in [0, 0.05) is 16.6 Å². The van der Waals surface area contributed by atoms with Crippen molar-refractivity contribution in [1.82, 2.24) is 0 Å². The summed E-state index contributed by atoms with van der Waals surface area (Å²) in [5, 5.41) is 0. The lowest BCUT2D eigenvalue weighted by Crippen LogP contribution is -2.09. The predicted octanol–water partition coefficient (Wildman–Crippen LogP) is 4.26. The van der Waals surface area contributed by atoms with Crippen molar-refractivity contribution in [2.24, 2.45) is 0 Å². The van der Waals surface area contributed by atoms with Gasteiger partial charge in [0.2, 0.25) is 0 Å². The minimum Gasteiger partial charge on any atom is -0.493 e. The summed E-state index contributed by atoms with van der Waals surface area (Å²) in [5.74, 6) is 2.62. The first-order chi connectivity index (χ1) is 8.83. The van der Waals surface area contributed by atoms with Gasteiger partial charge in [-0.25, -0.2) is 0 Å². The van der Waals surface area contributed by atoms with Crippen molar-refractivity contribution in [1.29, 1.82) is 0 Å². The lowest BCUT2D eigenvalue weighted by atomic mass is 10.0. The fourth-order valence-electron chi connectivity index (χ4n) is 2.20. The highest BCUT2D eigenvalue weighted by Gasteiger charge is 2.22. The zero-order chi connectivity index (χ0) is 12.4. The second kappa shape index (κ2) is 5.07. The Morgan fingerprint density at radius 2 is 1.89 bits per heavy atom. The fourth-order valence-corrected chi connectivity index (χ4v) is 3.43. The van der Waals surface area contributed by atoms with Crippen molar-refractivity contribution >= 4 is 11.8 Å². The third-order valence-corrected chi connectivity index (χ3v) is 4.52. The zero-order valence-electron chi connectivity index (χ0n) is 10.4. The number of thioether (sulfide) groups is 1.